The Kier molecular flexibility index (Phi) is 7.80. The molecule has 2 rings (SSSR count). The summed E-state index contributed by atoms with van der Waals surface area (Å²) in [6.45, 7) is 6.14. The number of aromatic amines is 1. The van der Waals surface area contributed by atoms with Crippen LogP contribution in [0.1, 0.15) is 26.3 Å². The van der Waals surface area contributed by atoms with Crippen molar-refractivity contribution in [2.75, 3.05) is 11.9 Å². The molecule has 0 spiro atoms. The van der Waals surface area contributed by atoms with Gasteiger partial charge in [0, 0.05) is 5.69 Å². The van der Waals surface area contributed by atoms with Gasteiger partial charge in [0.2, 0.25) is 5.69 Å². The molecule has 1 aromatic carbocycles. The molecule has 6 nitrogen and oxygen atoms in total. The van der Waals surface area contributed by atoms with Crippen LogP contribution in [0.15, 0.2) is 35.1 Å². The Morgan fingerprint density at radius 2 is 1.96 bits per heavy atom. The smallest absolute Gasteiger partial charge is 0.525 e. The van der Waals surface area contributed by atoms with Gasteiger partial charge in [-0.05, 0) is 23.1 Å². The maximum Gasteiger partial charge on any atom is 1.00 e. The second-order valence-electron chi connectivity index (χ2n) is 5.83. The molecule has 1 heterocycles. The van der Waals surface area contributed by atoms with E-state index in [4.69, 9.17) is 4.74 Å². The topological polar surface area (TPSA) is 84.1 Å². The Hall–Kier alpha value is -0.825. The third-order valence-corrected chi connectivity index (χ3v) is 2.97. The van der Waals surface area contributed by atoms with Crippen molar-refractivity contribution in [3.8, 4) is 5.88 Å². The minimum atomic E-state index is -0.573. The molecule has 0 fully saturated rings. The van der Waals surface area contributed by atoms with Crippen LogP contribution >= 0.6 is 0 Å². The molecule has 0 aliphatic rings. The number of hydrogen-bond acceptors (Lipinski definition) is 4. The van der Waals surface area contributed by atoms with Crippen molar-refractivity contribution in [1.82, 2.24) is 9.97 Å². The van der Waals surface area contributed by atoms with E-state index in [0.717, 1.165) is 0 Å². The molecule has 0 radical (unpaired) electrons. The Morgan fingerprint density at radius 1 is 1.30 bits per heavy atom. The predicted molar refractivity (Wildman–Crippen MR) is 83.0 cm³/mol. The fourth-order valence-electron chi connectivity index (χ4n) is 1.78. The average Bonchev–Trinajstić information content (AvgIpc) is 2.45. The summed E-state index contributed by atoms with van der Waals surface area (Å²) in [4.78, 5) is 28.5. The molecule has 23 heavy (non-hydrogen) atoms. The van der Waals surface area contributed by atoms with Gasteiger partial charge in [0.15, 0.2) is 6.61 Å². The molecule has 0 aliphatic heterocycles. The first-order valence-corrected chi connectivity index (χ1v) is 6.85. The van der Waals surface area contributed by atoms with Gasteiger partial charge in [-0.3, -0.25) is 9.78 Å². The molecule has 0 saturated heterocycles. The van der Waals surface area contributed by atoms with Gasteiger partial charge in [0.05, 0.1) is 0 Å². The van der Waals surface area contributed by atoms with Crippen molar-refractivity contribution in [3.63, 3.8) is 0 Å². The summed E-state index contributed by atoms with van der Waals surface area (Å²) in [5.74, 6) is -0.271. The molecular weight excluding hydrogens is 368 g/mol. The zero-order chi connectivity index (χ0) is 16.2. The van der Waals surface area contributed by atoms with Crippen molar-refractivity contribution in [2.45, 2.75) is 26.2 Å². The molecular formula is C16H18N3O3Rb. The van der Waals surface area contributed by atoms with Crippen LogP contribution in [0.25, 0.3) is 0 Å². The Balaban J connectivity index is 0.00000264. The zero-order valence-electron chi connectivity index (χ0n) is 13.8. The Morgan fingerprint density at radius 3 is 2.52 bits per heavy atom. The number of H-pyrrole nitrogens is 1. The van der Waals surface area contributed by atoms with Crippen LogP contribution < -0.4 is 73.9 Å². The first kappa shape index (κ1) is 20.2. The van der Waals surface area contributed by atoms with E-state index in [1.807, 2.05) is 24.3 Å². The molecule has 7 heteroatoms. The fraction of sp³-hybridized carbons (Fsp3) is 0.312. The standard InChI is InChI=1S/C16H18N3O3.Rb/c1-16(2,3)11-4-6-12(7-5-11)18-13(20)10-22-14-8-9-17-15(21)19-14;/h4-8H,10H2,1-3H3,(H,18,20)(H,17,19,21);/q-1;+1. The summed E-state index contributed by atoms with van der Waals surface area (Å²) in [5.41, 5.74) is 1.36. The van der Waals surface area contributed by atoms with Crippen LogP contribution in [0.3, 0.4) is 0 Å². The Labute approximate surface area is 183 Å². The SMILES string of the molecule is CC(C)(C)c1ccc(NC(=O)COc2c[c-][nH]c(=O)n2)cc1.[Rb+]. The van der Waals surface area contributed by atoms with Crippen LogP contribution in [-0.2, 0) is 10.2 Å². The number of ether oxygens (including phenoxy) is 1. The van der Waals surface area contributed by atoms with Crippen LogP contribution in [0.2, 0.25) is 0 Å². The van der Waals surface area contributed by atoms with Gasteiger partial charge in [0.25, 0.3) is 5.91 Å². The third kappa shape index (κ3) is 6.67. The van der Waals surface area contributed by atoms with Gasteiger partial charge in [-0.2, -0.15) is 0 Å². The number of benzene rings is 1. The number of carbonyl (C=O) groups excluding carboxylic acids is 1. The molecule has 2 aromatic rings. The maximum atomic E-state index is 11.8. The summed E-state index contributed by atoms with van der Waals surface area (Å²) in [6.07, 6.45) is 2.47. The van der Waals surface area contributed by atoms with Crippen molar-refractivity contribution in [2.24, 2.45) is 0 Å². The van der Waals surface area contributed by atoms with Gasteiger partial charge in [-0.15, -0.1) is 0 Å². The monoisotopic (exact) mass is 385 g/mol. The van der Waals surface area contributed by atoms with Crippen LogP contribution in [-0.4, -0.2) is 22.5 Å². The quantitative estimate of drug-likeness (QED) is 0.654. The van der Waals surface area contributed by atoms with E-state index in [0.29, 0.717) is 5.69 Å². The first-order chi connectivity index (χ1) is 10.3. The first-order valence-electron chi connectivity index (χ1n) is 6.85. The largest absolute Gasteiger partial charge is 1.00 e. The van der Waals surface area contributed by atoms with E-state index in [9.17, 15) is 9.59 Å². The van der Waals surface area contributed by atoms with E-state index in [2.05, 4.69) is 42.3 Å². The van der Waals surface area contributed by atoms with Crippen LogP contribution in [0, 0.1) is 6.20 Å². The minimum absolute atomic E-state index is 0. The molecule has 116 valence electrons. The van der Waals surface area contributed by atoms with Crippen molar-refractivity contribution < 1.29 is 67.7 Å². The van der Waals surface area contributed by atoms with E-state index < -0.39 is 5.69 Å². The molecule has 1 amide bonds. The minimum Gasteiger partial charge on any atom is -0.525 e. The fourth-order valence-corrected chi connectivity index (χ4v) is 1.78. The summed E-state index contributed by atoms with van der Waals surface area (Å²) in [5, 5.41) is 2.72. The molecule has 0 saturated carbocycles. The number of nitrogens with one attached hydrogen (secondary N) is 2. The number of nitrogens with zero attached hydrogens (tertiary/aromatic N) is 1. The number of hydrogen-bond donors (Lipinski definition) is 2. The third-order valence-electron chi connectivity index (χ3n) is 2.97. The second-order valence-corrected chi connectivity index (χ2v) is 5.83. The molecule has 0 bridgehead atoms. The van der Waals surface area contributed by atoms with E-state index >= 15 is 0 Å². The normalized spacial score (nSPS) is 10.6. The number of aromatic nitrogens is 2. The van der Waals surface area contributed by atoms with Gasteiger partial charge >= 0.3 is 58.2 Å². The predicted octanol–water partition coefficient (Wildman–Crippen LogP) is -1.11. The van der Waals surface area contributed by atoms with Crippen molar-refractivity contribution in [1.29, 1.82) is 0 Å². The summed E-state index contributed by atoms with van der Waals surface area (Å²) < 4.78 is 5.12. The zero-order valence-corrected chi connectivity index (χ0v) is 18.7. The number of carbonyl (C=O) groups is 1. The average molecular weight is 386 g/mol. The summed E-state index contributed by atoms with van der Waals surface area (Å²) in [7, 11) is 0. The summed E-state index contributed by atoms with van der Waals surface area (Å²) in [6, 6.07) is 9.00. The number of amides is 1. The summed E-state index contributed by atoms with van der Waals surface area (Å²) >= 11 is 0. The van der Waals surface area contributed by atoms with E-state index in [1.165, 1.54) is 11.6 Å². The molecule has 1 aromatic heterocycles. The van der Waals surface area contributed by atoms with Gasteiger partial charge in [-0.1, -0.05) is 45.2 Å². The van der Waals surface area contributed by atoms with Gasteiger partial charge in [0.1, 0.15) is 5.88 Å². The van der Waals surface area contributed by atoms with Crippen LogP contribution in [0.5, 0.6) is 5.88 Å². The van der Waals surface area contributed by atoms with Gasteiger partial charge in [-0.25, -0.2) is 0 Å². The maximum absolute atomic E-state index is 11.8. The Bertz CT molecular complexity index is 706. The number of rotatable bonds is 4. The van der Waals surface area contributed by atoms with Crippen molar-refractivity contribution >= 4 is 11.6 Å². The van der Waals surface area contributed by atoms with E-state index in [1.54, 1.807) is 0 Å². The van der Waals surface area contributed by atoms with Crippen LogP contribution in [0.4, 0.5) is 5.69 Å². The second kappa shape index (κ2) is 8.87. The van der Waals surface area contributed by atoms with Gasteiger partial charge < -0.3 is 19.8 Å². The number of anilines is 1. The molecule has 0 atom stereocenters. The molecule has 2 N–H and O–H groups in total. The molecule has 0 unspecified atom stereocenters. The van der Waals surface area contributed by atoms with E-state index in [-0.39, 0.29) is 82.0 Å². The molecule has 0 aliphatic carbocycles. The van der Waals surface area contributed by atoms with Crippen molar-refractivity contribution in [3.05, 3.63) is 52.6 Å².